The van der Waals surface area contributed by atoms with Crippen molar-refractivity contribution >= 4 is 6.29 Å². The van der Waals surface area contributed by atoms with Crippen molar-refractivity contribution in [2.75, 3.05) is 13.7 Å². The summed E-state index contributed by atoms with van der Waals surface area (Å²) in [7, 11) is 1.23. The molecule has 3 N–H and O–H groups in total. The van der Waals surface area contributed by atoms with Crippen LogP contribution in [0.25, 0.3) is 0 Å². The fourth-order valence-corrected chi connectivity index (χ4v) is 0.602. The van der Waals surface area contributed by atoms with Gasteiger partial charge in [-0.2, -0.15) is 0 Å². The summed E-state index contributed by atoms with van der Waals surface area (Å²) in [6.07, 6.45) is -3.44. The van der Waals surface area contributed by atoms with Crippen molar-refractivity contribution in [2.45, 2.75) is 18.3 Å². The average molecular weight is 164 g/mol. The van der Waals surface area contributed by atoms with Crippen molar-refractivity contribution in [2.24, 2.45) is 0 Å². The van der Waals surface area contributed by atoms with Gasteiger partial charge in [0, 0.05) is 7.11 Å². The van der Waals surface area contributed by atoms with Crippen molar-refractivity contribution < 1.29 is 24.9 Å². The Balaban J connectivity index is 3.96. The van der Waals surface area contributed by atoms with Crippen LogP contribution in [-0.4, -0.2) is 53.6 Å². The minimum absolute atomic E-state index is 0.365. The highest BCUT2D eigenvalue weighted by Gasteiger charge is 2.24. The van der Waals surface area contributed by atoms with Gasteiger partial charge in [-0.15, -0.1) is 0 Å². The van der Waals surface area contributed by atoms with Crippen LogP contribution in [0, 0.1) is 0 Å². The predicted octanol–water partition coefficient (Wildman–Crippen LogP) is -2.09. The van der Waals surface area contributed by atoms with E-state index in [1.54, 1.807) is 0 Å². The van der Waals surface area contributed by atoms with Crippen LogP contribution in [0.15, 0.2) is 0 Å². The lowest BCUT2D eigenvalue weighted by molar-refractivity contribution is -0.131. The van der Waals surface area contributed by atoms with Gasteiger partial charge in [0.1, 0.15) is 18.3 Å². The molecule has 0 bridgehead atoms. The molecule has 0 rings (SSSR count). The van der Waals surface area contributed by atoms with Crippen molar-refractivity contribution in [3.8, 4) is 0 Å². The molecule has 0 heterocycles. The molecule has 5 nitrogen and oxygen atoms in total. The van der Waals surface area contributed by atoms with Crippen molar-refractivity contribution in [3.63, 3.8) is 0 Å². The predicted molar refractivity (Wildman–Crippen MR) is 36.0 cm³/mol. The molecule has 0 aliphatic rings. The van der Waals surface area contributed by atoms with Gasteiger partial charge in [0.25, 0.3) is 0 Å². The first-order chi connectivity index (χ1) is 5.17. The van der Waals surface area contributed by atoms with Crippen LogP contribution in [0.1, 0.15) is 0 Å². The Labute approximate surface area is 64.2 Å². The van der Waals surface area contributed by atoms with Gasteiger partial charge in [-0.25, -0.2) is 0 Å². The standard InChI is InChI=1S/C6H12O5/c1-11-5(3-8)6(10)4(9)2-7/h3-7,9-10H,2H2,1H3/t4-,5+,6+/m0/s1. The molecule has 0 aromatic heterocycles. The SMILES string of the molecule is CO[C@H](C=O)[C@H](O)[C@@H](O)CO. The third kappa shape index (κ3) is 2.94. The molecule has 0 aliphatic carbocycles. The highest BCUT2D eigenvalue weighted by Crippen LogP contribution is 2.00. The molecule has 0 saturated carbocycles. The molecule has 0 amide bonds. The van der Waals surface area contributed by atoms with E-state index in [1.807, 2.05) is 0 Å². The van der Waals surface area contributed by atoms with Crippen molar-refractivity contribution in [1.29, 1.82) is 0 Å². The molecule has 5 heteroatoms. The van der Waals surface area contributed by atoms with Gasteiger partial charge < -0.3 is 24.9 Å². The van der Waals surface area contributed by atoms with Crippen molar-refractivity contribution in [3.05, 3.63) is 0 Å². The molecule has 0 saturated heterocycles. The van der Waals surface area contributed by atoms with Gasteiger partial charge in [0.05, 0.1) is 6.61 Å². The number of ether oxygens (including phenoxy) is 1. The maximum atomic E-state index is 10.1. The number of methoxy groups -OCH3 is 1. The second-order valence-corrected chi connectivity index (χ2v) is 2.08. The fourth-order valence-electron chi connectivity index (χ4n) is 0.602. The molecule has 0 unspecified atom stereocenters. The normalized spacial score (nSPS) is 18.9. The summed E-state index contributed by atoms with van der Waals surface area (Å²) in [4.78, 5) is 10.1. The van der Waals surface area contributed by atoms with E-state index >= 15 is 0 Å². The number of hydrogen-bond donors (Lipinski definition) is 3. The minimum atomic E-state index is -1.37. The van der Waals surface area contributed by atoms with E-state index in [2.05, 4.69) is 4.74 Å². The van der Waals surface area contributed by atoms with Crippen molar-refractivity contribution in [1.82, 2.24) is 0 Å². The third-order valence-corrected chi connectivity index (χ3v) is 1.32. The molecule has 0 aromatic carbocycles. The van der Waals surface area contributed by atoms with Gasteiger partial charge in [-0.3, -0.25) is 0 Å². The van der Waals surface area contributed by atoms with E-state index in [0.717, 1.165) is 0 Å². The van der Waals surface area contributed by atoms with Crippen LogP contribution in [-0.2, 0) is 9.53 Å². The zero-order chi connectivity index (χ0) is 8.85. The number of aldehydes is 1. The molecule has 0 fully saturated rings. The summed E-state index contributed by atoms with van der Waals surface area (Å²) in [5, 5.41) is 26.2. The molecule has 0 aromatic rings. The lowest BCUT2D eigenvalue weighted by Crippen LogP contribution is -2.41. The van der Waals surface area contributed by atoms with Crippen LogP contribution >= 0.6 is 0 Å². The maximum absolute atomic E-state index is 10.1. The van der Waals surface area contributed by atoms with Gasteiger partial charge in [-0.1, -0.05) is 0 Å². The Morgan fingerprint density at radius 1 is 1.55 bits per heavy atom. The molecular formula is C6H12O5. The molecular weight excluding hydrogens is 152 g/mol. The molecule has 11 heavy (non-hydrogen) atoms. The van der Waals surface area contributed by atoms with E-state index in [-0.39, 0.29) is 0 Å². The highest BCUT2D eigenvalue weighted by atomic mass is 16.5. The van der Waals surface area contributed by atoms with Gasteiger partial charge in [0.2, 0.25) is 0 Å². The largest absolute Gasteiger partial charge is 0.394 e. The van der Waals surface area contributed by atoms with Gasteiger partial charge in [-0.05, 0) is 0 Å². The number of hydrogen-bond acceptors (Lipinski definition) is 5. The zero-order valence-corrected chi connectivity index (χ0v) is 6.17. The smallest absolute Gasteiger partial charge is 0.151 e. The topological polar surface area (TPSA) is 87.0 Å². The highest BCUT2D eigenvalue weighted by molar-refractivity contribution is 5.57. The zero-order valence-electron chi connectivity index (χ0n) is 6.17. The fraction of sp³-hybridized carbons (Fsp3) is 0.833. The van der Waals surface area contributed by atoms with Crippen LogP contribution in [0.4, 0.5) is 0 Å². The lowest BCUT2D eigenvalue weighted by Gasteiger charge is -2.19. The summed E-state index contributed by atoms with van der Waals surface area (Å²) in [5.74, 6) is 0. The summed E-state index contributed by atoms with van der Waals surface area (Å²) >= 11 is 0. The summed E-state index contributed by atoms with van der Waals surface area (Å²) in [6.45, 7) is -0.602. The second kappa shape index (κ2) is 5.20. The first-order valence-electron chi connectivity index (χ1n) is 3.12. The second-order valence-electron chi connectivity index (χ2n) is 2.08. The number of carbonyl (C=O) groups is 1. The minimum Gasteiger partial charge on any atom is -0.394 e. The summed E-state index contributed by atoms with van der Waals surface area (Å²) in [6, 6.07) is 0. The van der Waals surface area contributed by atoms with E-state index in [4.69, 9.17) is 15.3 Å². The number of carbonyl (C=O) groups excluding carboxylic acids is 1. The molecule has 0 spiro atoms. The van der Waals surface area contributed by atoms with Crippen LogP contribution in [0.3, 0.4) is 0 Å². The first kappa shape index (κ1) is 10.5. The Kier molecular flexibility index (Phi) is 4.97. The molecule has 3 atom stereocenters. The van der Waals surface area contributed by atoms with Gasteiger partial charge >= 0.3 is 0 Å². The molecule has 0 radical (unpaired) electrons. The number of rotatable bonds is 5. The maximum Gasteiger partial charge on any atom is 0.151 e. The summed E-state index contributed by atoms with van der Waals surface area (Å²) < 4.78 is 4.50. The Bertz CT molecular complexity index is 116. The van der Waals surface area contributed by atoms with Gasteiger partial charge in [0.15, 0.2) is 6.29 Å². The first-order valence-corrected chi connectivity index (χ1v) is 3.12. The van der Waals surface area contributed by atoms with Crippen LogP contribution in [0.5, 0.6) is 0 Å². The Morgan fingerprint density at radius 3 is 2.36 bits per heavy atom. The molecule has 66 valence electrons. The van der Waals surface area contributed by atoms with Crippen LogP contribution < -0.4 is 0 Å². The molecule has 0 aliphatic heterocycles. The number of aliphatic hydroxyl groups excluding tert-OH is 3. The van der Waals surface area contributed by atoms with E-state index < -0.39 is 24.9 Å². The third-order valence-electron chi connectivity index (χ3n) is 1.32. The van der Waals surface area contributed by atoms with Crippen LogP contribution in [0.2, 0.25) is 0 Å². The Morgan fingerprint density at radius 2 is 2.09 bits per heavy atom. The average Bonchev–Trinajstić information content (AvgIpc) is 2.05. The Hall–Kier alpha value is -0.490. The van der Waals surface area contributed by atoms with E-state index in [0.29, 0.717) is 6.29 Å². The van der Waals surface area contributed by atoms with E-state index in [1.165, 1.54) is 7.11 Å². The number of aliphatic hydroxyl groups is 3. The monoisotopic (exact) mass is 164 g/mol. The quantitative estimate of drug-likeness (QED) is 0.406. The lowest BCUT2D eigenvalue weighted by atomic mass is 10.1. The summed E-state index contributed by atoms with van der Waals surface area (Å²) in [5.41, 5.74) is 0. The van der Waals surface area contributed by atoms with E-state index in [9.17, 15) is 4.79 Å².